The van der Waals surface area contributed by atoms with E-state index in [1.165, 1.54) is 18.4 Å². The van der Waals surface area contributed by atoms with Crippen LogP contribution in [0.5, 0.6) is 0 Å². The number of hydrogen-bond donors (Lipinski definition) is 2. The topological polar surface area (TPSA) is 94.7 Å². The van der Waals surface area contributed by atoms with Crippen LogP contribution in [0.25, 0.3) is 55.4 Å². The molecule has 230 valence electrons. The normalized spacial score (nSPS) is 15.4. The smallest absolute Gasteiger partial charge is 0.261 e. The second-order valence-electron chi connectivity index (χ2n) is 11.9. The Bertz CT molecular complexity index is 2170. The molecule has 3 aromatic carbocycles. The van der Waals surface area contributed by atoms with Crippen molar-refractivity contribution in [3.05, 3.63) is 96.1 Å². The van der Waals surface area contributed by atoms with E-state index in [4.69, 9.17) is 0 Å². The minimum atomic E-state index is -3.19. The highest BCUT2D eigenvalue weighted by atomic mass is 32.2. The third-order valence-corrected chi connectivity index (χ3v) is 9.24. The van der Waals surface area contributed by atoms with Gasteiger partial charge < -0.3 is 4.98 Å². The molecule has 7 rings (SSSR count). The highest BCUT2D eigenvalue weighted by molar-refractivity contribution is 7.90. The largest absolute Gasteiger partial charge is 0.353 e. The van der Waals surface area contributed by atoms with Crippen molar-refractivity contribution in [1.29, 1.82) is 0 Å². The zero-order chi connectivity index (χ0) is 31.3. The molecule has 3 aromatic heterocycles. The fourth-order valence-corrected chi connectivity index (χ4v) is 6.73. The lowest BCUT2D eigenvalue weighted by atomic mass is 9.98. The minimum Gasteiger partial charge on any atom is -0.353 e. The van der Waals surface area contributed by atoms with Crippen LogP contribution in [0.3, 0.4) is 0 Å². The van der Waals surface area contributed by atoms with Crippen LogP contribution in [-0.4, -0.2) is 64.5 Å². The third kappa shape index (κ3) is 6.23. The predicted molar refractivity (Wildman–Crippen MR) is 170 cm³/mol. The third-order valence-electron chi connectivity index (χ3n) is 8.30. The van der Waals surface area contributed by atoms with E-state index >= 15 is 0 Å². The van der Waals surface area contributed by atoms with Gasteiger partial charge in [-0.25, -0.2) is 21.6 Å². The zero-order valence-corrected chi connectivity index (χ0v) is 25.3. The number of likely N-dealkylation sites (tertiary alicyclic amines) is 1. The van der Waals surface area contributed by atoms with E-state index in [1.807, 2.05) is 54.6 Å². The van der Waals surface area contributed by atoms with Gasteiger partial charge in [0.25, 0.3) is 5.92 Å². The quantitative estimate of drug-likeness (QED) is 0.189. The molecule has 6 aromatic rings. The number of hydrogen-bond acceptors (Lipinski definition) is 5. The van der Waals surface area contributed by atoms with Crippen LogP contribution >= 0.6 is 0 Å². The van der Waals surface area contributed by atoms with Crippen LogP contribution in [0.15, 0.2) is 79.1 Å². The summed E-state index contributed by atoms with van der Waals surface area (Å²) in [6.07, 6.45) is 4.76. The first-order valence-corrected chi connectivity index (χ1v) is 16.7. The molecule has 0 bridgehead atoms. The number of nitrogens with one attached hydrogen (secondary N) is 2. The summed E-state index contributed by atoms with van der Waals surface area (Å²) in [7, 11) is -3.19. The fraction of sp³-hybridized carbons (Fsp3) is 0.235. The van der Waals surface area contributed by atoms with Gasteiger partial charge >= 0.3 is 0 Å². The van der Waals surface area contributed by atoms with Gasteiger partial charge in [-0.2, -0.15) is 5.10 Å². The summed E-state index contributed by atoms with van der Waals surface area (Å²) in [4.78, 5) is 9.60. The van der Waals surface area contributed by atoms with Crippen molar-refractivity contribution in [1.82, 2.24) is 25.1 Å². The molecule has 7 nitrogen and oxygen atoms in total. The second-order valence-corrected chi connectivity index (χ2v) is 14.2. The first kappa shape index (κ1) is 29.2. The maximum atomic E-state index is 14.7. The molecule has 0 saturated carbocycles. The Morgan fingerprint density at radius 3 is 2.56 bits per heavy atom. The molecule has 0 aliphatic carbocycles. The van der Waals surface area contributed by atoms with Crippen molar-refractivity contribution >= 4 is 31.6 Å². The number of benzene rings is 3. The van der Waals surface area contributed by atoms with Gasteiger partial charge in [0.2, 0.25) is 0 Å². The van der Waals surface area contributed by atoms with Crippen molar-refractivity contribution in [2.75, 3.05) is 25.1 Å². The number of aromatic nitrogens is 4. The molecule has 0 atom stereocenters. The number of halogens is 3. The van der Waals surface area contributed by atoms with Crippen LogP contribution in [-0.2, 0) is 22.8 Å². The Morgan fingerprint density at radius 2 is 1.76 bits per heavy atom. The SMILES string of the molecule is CS(=O)(=O)CCc1cc(F)cc(-c2cccc3[nH]c(-c4n[nH]c5ccc(-c6cncc(CN7CCC(F)(F)C7)c6)cc45)cc23)c1. The molecule has 1 saturated heterocycles. The van der Waals surface area contributed by atoms with Gasteiger partial charge in [0.1, 0.15) is 21.3 Å². The van der Waals surface area contributed by atoms with E-state index in [0.717, 1.165) is 49.8 Å². The van der Waals surface area contributed by atoms with E-state index in [1.54, 1.807) is 17.3 Å². The van der Waals surface area contributed by atoms with E-state index in [-0.39, 0.29) is 25.1 Å². The van der Waals surface area contributed by atoms with Crippen molar-refractivity contribution in [2.24, 2.45) is 0 Å². The Hall–Kier alpha value is -4.48. The predicted octanol–water partition coefficient (Wildman–Crippen LogP) is 7.01. The first-order valence-electron chi connectivity index (χ1n) is 14.6. The molecular weight excluding hydrogens is 599 g/mol. The minimum absolute atomic E-state index is 0.0552. The summed E-state index contributed by atoms with van der Waals surface area (Å²) in [6, 6.07) is 20.4. The van der Waals surface area contributed by atoms with Crippen molar-refractivity contribution in [3.63, 3.8) is 0 Å². The maximum absolute atomic E-state index is 14.7. The van der Waals surface area contributed by atoms with Crippen molar-refractivity contribution in [3.8, 4) is 33.6 Å². The number of fused-ring (bicyclic) bond motifs is 2. The van der Waals surface area contributed by atoms with Gasteiger partial charge in [-0.15, -0.1) is 0 Å². The molecule has 1 aliphatic rings. The van der Waals surface area contributed by atoms with Crippen LogP contribution in [0.1, 0.15) is 17.5 Å². The molecule has 2 N–H and O–H groups in total. The lowest BCUT2D eigenvalue weighted by Gasteiger charge is -2.15. The Kier molecular flexibility index (Phi) is 7.25. The van der Waals surface area contributed by atoms with Crippen LogP contribution in [0.2, 0.25) is 0 Å². The van der Waals surface area contributed by atoms with Crippen LogP contribution in [0.4, 0.5) is 13.2 Å². The molecule has 0 amide bonds. The summed E-state index contributed by atoms with van der Waals surface area (Å²) in [5.74, 6) is -3.12. The number of H-pyrrole nitrogens is 2. The fourth-order valence-electron chi connectivity index (χ4n) is 6.12. The molecule has 0 radical (unpaired) electrons. The number of aryl methyl sites for hydroxylation is 1. The number of aromatic amines is 2. The molecule has 11 heteroatoms. The van der Waals surface area contributed by atoms with Gasteiger partial charge in [0.15, 0.2) is 0 Å². The van der Waals surface area contributed by atoms with Gasteiger partial charge in [-0.3, -0.25) is 15.0 Å². The lowest BCUT2D eigenvalue weighted by Crippen LogP contribution is -2.24. The Morgan fingerprint density at radius 1 is 0.911 bits per heavy atom. The molecule has 4 heterocycles. The summed E-state index contributed by atoms with van der Waals surface area (Å²) in [5.41, 5.74) is 7.94. The van der Waals surface area contributed by atoms with Gasteiger partial charge in [-0.05, 0) is 76.7 Å². The molecule has 1 aliphatic heterocycles. The van der Waals surface area contributed by atoms with E-state index < -0.39 is 21.6 Å². The number of alkyl halides is 2. The Labute approximate surface area is 258 Å². The number of nitrogens with zero attached hydrogens (tertiary/aromatic N) is 3. The average Bonchev–Trinajstić information content (AvgIpc) is 3.71. The maximum Gasteiger partial charge on any atom is 0.261 e. The van der Waals surface area contributed by atoms with Crippen LogP contribution in [0, 0.1) is 5.82 Å². The van der Waals surface area contributed by atoms with E-state index in [0.29, 0.717) is 29.9 Å². The summed E-state index contributed by atoms with van der Waals surface area (Å²) < 4.78 is 65.5. The first-order chi connectivity index (χ1) is 21.5. The van der Waals surface area contributed by atoms with Gasteiger partial charge in [0.05, 0.1) is 23.5 Å². The Balaban J connectivity index is 1.22. The monoisotopic (exact) mass is 629 g/mol. The summed E-state index contributed by atoms with van der Waals surface area (Å²) in [5, 5.41) is 9.48. The number of pyridine rings is 1. The van der Waals surface area contributed by atoms with Crippen LogP contribution < -0.4 is 0 Å². The molecular formula is C34H30F3N5O2S. The molecule has 45 heavy (non-hydrogen) atoms. The molecule has 0 spiro atoms. The number of rotatable bonds is 8. The van der Waals surface area contributed by atoms with E-state index in [2.05, 4.69) is 20.2 Å². The van der Waals surface area contributed by atoms with Crippen molar-refractivity contribution < 1.29 is 21.6 Å². The van der Waals surface area contributed by atoms with Gasteiger partial charge in [-0.1, -0.05) is 24.3 Å². The average molecular weight is 630 g/mol. The number of sulfone groups is 1. The molecule has 0 unspecified atom stereocenters. The highest BCUT2D eigenvalue weighted by Gasteiger charge is 2.37. The molecule has 1 fully saturated rings. The second kappa shape index (κ2) is 11.1. The van der Waals surface area contributed by atoms with Gasteiger partial charge in [0, 0.05) is 60.0 Å². The standard InChI is InChI=1S/C34H30F3N5O2S/c1-45(43,44)10-7-21-11-24(14-26(35)13-21)27-3-2-4-30-28(27)16-32(39-30)33-29-15-23(5-6-31(29)40-41-33)25-12-22(17-38-18-25)19-42-9-8-34(36,37)20-42/h2-6,11-18,39H,7-10,19-20H2,1H3,(H,40,41). The highest BCUT2D eigenvalue weighted by Crippen LogP contribution is 2.36. The van der Waals surface area contributed by atoms with Crippen molar-refractivity contribution in [2.45, 2.75) is 25.3 Å². The lowest BCUT2D eigenvalue weighted by molar-refractivity contribution is 0.0115. The van der Waals surface area contributed by atoms with E-state index in [9.17, 15) is 21.6 Å². The summed E-state index contributed by atoms with van der Waals surface area (Å²) >= 11 is 0. The summed E-state index contributed by atoms with van der Waals surface area (Å²) in [6.45, 7) is 0.534. The zero-order valence-electron chi connectivity index (χ0n) is 24.4.